The summed E-state index contributed by atoms with van der Waals surface area (Å²) in [6, 6.07) is 12.9. The van der Waals surface area contributed by atoms with Crippen molar-refractivity contribution in [1.82, 2.24) is 0 Å². The number of hydrogen-bond donors (Lipinski definition) is 0. The lowest BCUT2D eigenvalue weighted by atomic mass is 10.1. The third-order valence-corrected chi connectivity index (χ3v) is 7.77. The van der Waals surface area contributed by atoms with Gasteiger partial charge in [0, 0.05) is 0 Å². The number of sulfone groups is 2. The van der Waals surface area contributed by atoms with E-state index in [-0.39, 0.29) is 15.5 Å². The molecule has 0 bridgehead atoms. The van der Waals surface area contributed by atoms with E-state index >= 15 is 0 Å². The van der Waals surface area contributed by atoms with Crippen LogP contribution in [0, 0.1) is 6.92 Å². The maximum absolute atomic E-state index is 12.7. The third kappa shape index (κ3) is 2.28. The van der Waals surface area contributed by atoms with Crippen molar-refractivity contribution in [1.29, 1.82) is 0 Å². The first kappa shape index (κ1) is 14.3. The maximum atomic E-state index is 12.7. The summed E-state index contributed by atoms with van der Waals surface area (Å²) >= 11 is 0. The van der Waals surface area contributed by atoms with E-state index in [1.165, 1.54) is 12.1 Å². The van der Waals surface area contributed by atoms with Crippen LogP contribution in [0.4, 0.5) is 0 Å². The van der Waals surface area contributed by atoms with Gasteiger partial charge in [0.15, 0.2) is 19.7 Å². The van der Waals surface area contributed by atoms with Gasteiger partial charge in [-0.1, -0.05) is 30.3 Å². The molecule has 0 amide bonds. The molecule has 21 heavy (non-hydrogen) atoms. The van der Waals surface area contributed by atoms with Crippen molar-refractivity contribution in [3.63, 3.8) is 0 Å². The second kappa shape index (κ2) is 4.68. The van der Waals surface area contributed by atoms with Crippen LogP contribution in [0.25, 0.3) is 0 Å². The highest BCUT2D eigenvalue weighted by atomic mass is 32.2. The molecule has 1 aliphatic rings. The van der Waals surface area contributed by atoms with E-state index in [9.17, 15) is 16.8 Å². The van der Waals surface area contributed by atoms with Gasteiger partial charge in [0.2, 0.25) is 0 Å². The van der Waals surface area contributed by atoms with Crippen LogP contribution in [-0.2, 0) is 19.7 Å². The van der Waals surface area contributed by atoms with Gasteiger partial charge in [0.05, 0.1) is 15.5 Å². The zero-order valence-electron chi connectivity index (χ0n) is 11.4. The molecule has 0 radical (unpaired) electrons. The average molecular weight is 322 g/mol. The molecule has 0 fully saturated rings. The summed E-state index contributed by atoms with van der Waals surface area (Å²) in [4.78, 5) is 0.297. The van der Waals surface area contributed by atoms with Crippen molar-refractivity contribution in [3.8, 4) is 0 Å². The third-order valence-electron chi connectivity index (χ3n) is 3.67. The number of hydrogen-bond acceptors (Lipinski definition) is 4. The Labute approximate surface area is 124 Å². The molecular formula is C15H14O4S2. The molecule has 1 heterocycles. The summed E-state index contributed by atoms with van der Waals surface area (Å²) in [5, 5.41) is -1.03. The molecule has 6 heteroatoms. The minimum Gasteiger partial charge on any atom is -0.224 e. The summed E-state index contributed by atoms with van der Waals surface area (Å²) in [5.41, 5.74) is 1.18. The van der Waals surface area contributed by atoms with Crippen LogP contribution in [0.2, 0.25) is 0 Å². The Morgan fingerprint density at radius 3 is 2.38 bits per heavy atom. The van der Waals surface area contributed by atoms with Crippen molar-refractivity contribution < 1.29 is 16.8 Å². The fraction of sp³-hybridized carbons (Fsp3) is 0.200. The first-order chi connectivity index (χ1) is 9.82. The van der Waals surface area contributed by atoms with Gasteiger partial charge in [-0.2, -0.15) is 0 Å². The zero-order valence-corrected chi connectivity index (χ0v) is 13.0. The second-order valence-electron chi connectivity index (χ2n) is 5.17. The van der Waals surface area contributed by atoms with Gasteiger partial charge in [-0.3, -0.25) is 0 Å². The van der Waals surface area contributed by atoms with Crippen molar-refractivity contribution in [2.45, 2.75) is 22.0 Å². The molecule has 1 aliphatic heterocycles. The number of rotatable bonds is 2. The Morgan fingerprint density at radius 1 is 1.05 bits per heavy atom. The summed E-state index contributed by atoms with van der Waals surface area (Å²) in [6.45, 7) is 1.79. The number of fused-ring (bicyclic) bond motifs is 1. The molecule has 2 aromatic rings. The second-order valence-corrected chi connectivity index (χ2v) is 9.30. The first-order valence-corrected chi connectivity index (χ1v) is 9.64. The molecule has 0 N–H and O–H groups in total. The Kier molecular flexibility index (Phi) is 3.18. The van der Waals surface area contributed by atoms with Crippen LogP contribution in [0.1, 0.15) is 16.4 Å². The van der Waals surface area contributed by atoms with Crippen LogP contribution in [0.15, 0.2) is 58.3 Å². The first-order valence-electron chi connectivity index (χ1n) is 6.44. The molecule has 3 rings (SSSR count). The predicted molar refractivity (Wildman–Crippen MR) is 79.6 cm³/mol. The molecule has 2 aromatic carbocycles. The van der Waals surface area contributed by atoms with Crippen LogP contribution < -0.4 is 0 Å². The Balaban J connectivity index is 2.20. The molecule has 110 valence electrons. The van der Waals surface area contributed by atoms with Gasteiger partial charge in [0.1, 0.15) is 5.25 Å². The maximum Gasteiger partial charge on any atom is 0.186 e. The molecule has 0 spiro atoms. The van der Waals surface area contributed by atoms with Gasteiger partial charge >= 0.3 is 0 Å². The van der Waals surface area contributed by atoms with E-state index < -0.39 is 24.9 Å². The van der Waals surface area contributed by atoms with Crippen LogP contribution in [-0.4, -0.2) is 22.6 Å². The Bertz CT molecular complexity index is 898. The lowest BCUT2D eigenvalue weighted by Gasteiger charge is -2.12. The highest BCUT2D eigenvalue weighted by molar-refractivity contribution is 7.96. The van der Waals surface area contributed by atoms with E-state index in [2.05, 4.69) is 0 Å². The van der Waals surface area contributed by atoms with Crippen molar-refractivity contribution >= 4 is 19.7 Å². The number of benzene rings is 2. The lowest BCUT2D eigenvalue weighted by Crippen LogP contribution is -2.15. The quantitative estimate of drug-likeness (QED) is 0.851. The van der Waals surface area contributed by atoms with Gasteiger partial charge in [0.25, 0.3) is 0 Å². The SMILES string of the molecule is Cc1ccc2c(c1)S(=O)(=O)CC2S(=O)(=O)c1ccccc1. The molecule has 1 atom stereocenters. The standard InChI is InChI=1S/C15H14O4S2/c1-11-7-8-13-14(9-11)20(16,17)10-15(13)21(18,19)12-5-3-2-4-6-12/h2-9,15H,10H2,1H3. The summed E-state index contributed by atoms with van der Waals surface area (Å²) < 4.78 is 49.9. The topological polar surface area (TPSA) is 68.3 Å². The molecule has 0 saturated carbocycles. The van der Waals surface area contributed by atoms with Gasteiger partial charge < -0.3 is 0 Å². The van der Waals surface area contributed by atoms with E-state index in [1.807, 2.05) is 0 Å². The highest BCUT2D eigenvalue weighted by Gasteiger charge is 2.42. The molecule has 4 nitrogen and oxygen atoms in total. The normalized spacial score (nSPS) is 20.1. The number of aryl methyl sites for hydroxylation is 1. The van der Waals surface area contributed by atoms with Crippen LogP contribution in [0.5, 0.6) is 0 Å². The molecule has 0 aromatic heterocycles. The van der Waals surface area contributed by atoms with Gasteiger partial charge in [-0.25, -0.2) is 16.8 Å². The smallest absolute Gasteiger partial charge is 0.186 e. The van der Waals surface area contributed by atoms with Crippen molar-refractivity contribution in [2.24, 2.45) is 0 Å². The average Bonchev–Trinajstić information content (AvgIpc) is 2.72. The zero-order chi connectivity index (χ0) is 15.3. The molecular weight excluding hydrogens is 308 g/mol. The summed E-state index contributed by atoms with van der Waals surface area (Å²) in [6.07, 6.45) is 0. The van der Waals surface area contributed by atoms with E-state index in [1.54, 1.807) is 43.3 Å². The van der Waals surface area contributed by atoms with E-state index in [0.717, 1.165) is 5.56 Å². The molecule has 0 aliphatic carbocycles. The molecule has 0 saturated heterocycles. The van der Waals surface area contributed by atoms with Crippen molar-refractivity contribution in [3.05, 3.63) is 59.7 Å². The Morgan fingerprint density at radius 2 is 1.71 bits per heavy atom. The van der Waals surface area contributed by atoms with Crippen LogP contribution in [0.3, 0.4) is 0 Å². The summed E-state index contributed by atoms with van der Waals surface area (Å²) in [5.74, 6) is -0.386. The fourth-order valence-electron chi connectivity index (χ4n) is 2.59. The lowest BCUT2D eigenvalue weighted by molar-refractivity contribution is 0.582. The monoisotopic (exact) mass is 322 g/mol. The fourth-order valence-corrected chi connectivity index (χ4v) is 7.01. The predicted octanol–water partition coefficient (Wildman–Crippen LogP) is 2.30. The van der Waals surface area contributed by atoms with Gasteiger partial charge in [-0.15, -0.1) is 0 Å². The van der Waals surface area contributed by atoms with Crippen molar-refractivity contribution in [2.75, 3.05) is 5.75 Å². The minimum atomic E-state index is -3.72. The highest BCUT2D eigenvalue weighted by Crippen LogP contribution is 2.41. The van der Waals surface area contributed by atoms with E-state index in [4.69, 9.17) is 0 Å². The van der Waals surface area contributed by atoms with Gasteiger partial charge in [-0.05, 0) is 36.2 Å². The largest absolute Gasteiger partial charge is 0.224 e. The molecule has 1 unspecified atom stereocenters. The van der Waals surface area contributed by atoms with Crippen LogP contribution >= 0.6 is 0 Å². The van der Waals surface area contributed by atoms with E-state index in [0.29, 0.717) is 5.56 Å². The summed E-state index contributed by atoms with van der Waals surface area (Å²) in [7, 11) is -7.26. The Hall–Kier alpha value is -1.66. The minimum absolute atomic E-state index is 0.145.